The molecule has 1 aliphatic carbocycles. The third-order valence-electron chi connectivity index (χ3n) is 6.35. The molecular weight excluding hydrogens is 364 g/mol. The number of aromatic nitrogens is 2. The summed E-state index contributed by atoms with van der Waals surface area (Å²) in [6.45, 7) is 5.26. The molecule has 3 rings (SSSR count). The monoisotopic (exact) mass is 396 g/mol. The molecule has 1 saturated carbocycles. The van der Waals surface area contributed by atoms with Crippen LogP contribution in [0.2, 0.25) is 0 Å². The number of nitrogens with zero attached hydrogens (tertiary/aromatic N) is 3. The highest BCUT2D eigenvalue weighted by Crippen LogP contribution is 2.38. The molecule has 1 N–H and O–H groups in total. The normalized spacial score (nSPS) is 22.4. The largest absolute Gasteiger partial charge is 0.354 e. The van der Waals surface area contributed by atoms with Crippen LogP contribution in [0, 0.1) is 11.3 Å². The van der Waals surface area contributed by atoms with Gasteiger partial charge in [0.25, 0.3) is 0 Å². The number of fused-ring (bicyclic) bond motifs is 1. The Morgan fingerprint density at radius 2 is 1.96 bits per heavy atom. The van der Waals surface area contributed by atoms with Crippen LogP contribution >= 0.6 is 0 Å². The van der Waals surface area contributed by atoms with Crippen molar-refractivity contribution in [3.63, 3.8) is 0 Å². The lowest BCUT2D eigenvalue weighted by atomic mass is 9.71. The Kier molecular flexibility index (Phi) is 5.68. The van der Waals surface area contributed by atoms with Gasteiger partial charge in [-0.05, 0) is 24.2 Å². The fourth-order valence-electron chi connectivity index (χ4n) is 4.58. The summed E-state index contributed by atoms with van der Waals surface area (Å²) in [5.41, 5.74) is 1.63. The predicted molar refractivity (Wildman–Crippen MR) is 105 cm³/mol. The molecule has 7 nitrogen and oxygen atoms in total. The SMILES string of the molecule is Cn1ncc2c1CCN(S(C)(=O)=O)C2C(=O)NCC(C)(C)C1CCCCC1. The van der Waals surface area contributed by atoms with Crippen molar-refractivity contribution in [1.29, 1.82) is 0 Å². The molecule has 1 amide bonds. The quantitative estimate of drug-likeness (QED) is 0.825. The van der Waals surface area contributed by atoms with E-state index < -0.39 is 16.1 Å². The fourth-order valence-corrected chi connectivity index (χ4v) is 5.60. The Labute approximate surface area is 162 Å². The average Bonchev–Trinajstić information content (AvgIpc) is 3.00. The van der Waals surface area contributed by atoms with Crippen molar-refractivity contribution in [2.75, 3.05) is 19.3 Å². The van der Waals surface area contributed by atoms with Crippen molar-refractivity contribution in [3.8, 4) is 0 Å². The van der Waals surface area contributed by atoms with E-state index in [9.17, 15) is 13.2 Å². The molecule has 1 aromatic heterocycles. The summed E-state index contributed by atoms with van der Waals surface area (Å²) in [6, 6.07) is -0.834. The van der Waals surface area contributed by atoms with Gasteiger partial charge in [-0.25, -0.2) is 8.42 Å². The first-order chi connectivity index (χ1) is 12.6. The number of nitrogens with one attached hydrogen (secondary N) is 1. The third kappa shape index (κ3) is 4.21. The summed E-state index contributed by atoms with van der Waals surface area (Å²) in [5, 5.41) is 7.30. The fraction of sp³-hybridized carbons (Fsp3) is 0.789. The molecule has 2 aliphatic rings. The zero-order valence-electron chi connectivity index (χ0n) is 16.9. The van der Waals surface area contributed by atoms with E-state index in [1.54, 1.807) is 10.9 Å². The second kappa shape index (κ2) is 7.54. The first kappa shape index (κ1) is 20.3. The summed E-state index contributed by atoms with van der Waals surface area (Å²) in [7, 11) is -1.66. The summed E-state index contributed by atoms with van der Waals surface area (Å²) in [6.07, 6.45) is 9.58. The van der Waals surface area contributed by atoms with Gasteiger partial charge in [0.15, 0.2) is 0 Å². The van der Waals surface area contributed by atoms with Crippen molar-refractivity contribution in [3.05, 3.63) is 17.5 Å². The maximum absolute atomic E-state index is 13.1. The highest BCUT2D eigenvalue weighted by Gasteiger charge is 2.40. The van der Waals surface area contributed by atoms with E-state index in [1.807, 2.05) is 7.05 Å². The average molecular weight is 397 g/mol. The van der Waals surface area contributed by atoms with Crippen LogP contribution in [0.15, 0.2) is 6.20 Å². The summed E-state index contributed by atoms with van der Waals surface area (Å²) in [5.74, 6) is 0.344. The van der Waals surface area contributed by atoms with Crippen molar-refractivity contribution in [2.45, 2.75) is 58.4 Å². The van der Waals surface area contributed by atoms with Gasteiger partial charge in [0.2, 0.25) is 15.9 Å². The van der Waals surface area contributed by atoms with Gasteiger partial charge < -0.3 is 5.32 Å². The zero-order valence-corrected chi connectivity index (χ0v) is 17.7. The van der Waals surface area contributed by atoms with Crippen LogP contribution in [0.4, 0.5) is 0 Å². The first-order valence-electron chi connectivity index (χ1n) is 9.86. The molecule has 1 aromatic rings. The lowest BCUT2D eigenvalue weighted by Gasteiger charge is -2.38. The van der Waals surface area contributed by atoms with E-state index in [4.69, 9.17) is 0 Å². The predicted octanol–water partition coefficient (Wildman–Crippen LogP) is 2.00. The first-order valence-corrected chi connectivity index (χ1v) is 11.7. The van der Waals surface area contributed by atoms with Gasteiger partial charge in [-0.15, -0.1) is 0 Å². The molecule has 1 fully saturated rings. The molecule has 8 heteroatoms. The van der Waals surface area contributed by atoms with Gasteiger partial charge in [-0.2, -0.15) is 9.40 Å². The number of hydrogen-bond acceptors (Lipinski definition) is 4. The number of amides is 1. The standard InChI is InChI=1S/C19H32N4O3S/c1-19(2,14-8-6-5-7-9-14)13-20-18(24)17-15-12-21-22(3)16(15)10-11-23(17)27(4,25)26/h12,14,17H,5-11,13H2,1-4H3,(H,20,24). The molecule has 0 saturated heterocycles. The number of carbonyl (C=O) groups excluding carboxylic acids is 1. The lowest BCUT2D eigenvalue weighted by Crippen LogP contribution is -2.49. The molecule has 1 aliphatic heterocycles. The number of rotatable bonds is 5. The van der Waals surface area contributed by atoms with Crippen LogP contribution < -0.4 is 5.32 Å². The van der Waals surface area contributed by atoms with Crippen LogP contribution in [-0.2, 0) is 28.3 Å². The molecule has 0 spiro atoms. The minimum absolute atomic E-state index is 0.00155. The van der Waals surface area contributed by atoms with Gasteiger partial charge in [-0.3, -0.25) is 9.48 Å². The molecular formula is C19H32N4O3S. The number of carbonyl (C=O) groups is 1. The van der Waals surface area contributed by atoms with E-state index in [-0.39, 0.29) is 11.3 Å². The summed E-state index contributed by atoms with van der Waals surface area (Å²) in [4.78, 5) is 13.1. The van der Waals surface area contributed by atoms with Crippen LogP contribution in [0.3, 0.4) is 0 Å². The van der Waals surface area contributed by atoms with Crippen molar-refractivity contribution in [1.82, 2.24) is 19.4 Å². The molecule has 1 unspecified atom stereocenters. The third-order valence-corrected chi connectivity index (χ3v) is 7.59. The smallest absolute Gasteiger partial charge is 0.243 e. The summed E-state index contributed by atoms with van der Waals surface area (Å²) >= 11 is 0. The molecule has 27 heavy (non-hydrogen) atoms. The lowest BCUT2D eigenvalue weighted by molar-refractivity contribution is -0.126. The van der Waals surface area contributed by atoms with Crippen LogP contribution in [-0.4, -0.2) is 47.8 Å². The molecule has 0 radical (unpaired) electrons. The summed E-state index contributed by atoms with van der Waals surface area (Å²) < 4.78 is 27.6. The molecule has 0 aromatic carbocycles. The molecule has 0 bridgehead atoms. The van der Waals surface area contributed by atoms with Crippen LogP contribution in [0.1, 0.15) is 63.3 Å². The van der Waals surface area contributed by atoms with Crippen LogP contribution in [0.5, 0.6) is 0 Å². The van der Waals surface area contributed by atoms with E-state index in [0.29, 0.717) is 31.0 Å². The Bertz CT molecular complexity index is 794. The Balaban J connectivity index is 1.78. The van der Waals surface area contributed by atoms with E-state index in [1.165, 1.54) is 42.7 Å². The Hall–Kier alpha value is -1.41. The minimum atomic E-state index is -3.49. The Morgan fingerprint density at radius 3 is 2.59 bits per heavy atom. The number of hydrogen-bond donors (Lipinski definition) is 1. The van der Waals surface area contributed by atoms with Crippen molar-refractivity contribution < 1.29 is 13.2 Å². The highest BCUT2D eigenvalue weighted by molar-refractivity contribution is 7.88. The van der Waals surface area contributed by atoms with E-state index in [2.05, 4.69) is 24.3 Å². The van der Waals surface area contributed by atoms with E-state index in [0.717, 1.165) is 5.69 Å². The second-order valence-corrected chi connectivity index (χ2v) is 10.7. The minimum Gasteiger partial charge on any atom is -0.354 e. The van der Waals surface area contributed by atoms with Gasteiger partial charge in [0.1, 0.15) is 6.04 Å². The second-order valence-electron chi connectivity index (χ2n) is 8.74. The molecule has 152 valence electrons. The maximum Gasteiger partial charge on any atom is 0.243 e. The molecule has 2 heterocycles. The van der Waals surface area contributed by atoms with E-state index >= 15 is 0 Å². The van der Waals surface area contributed by atoms with Gasteiger partial charge in [0, 0.05) is 37.8 Å². The zero-order chi connectivity index (χ0) is 19.8. The maximum atomic E-state index is 13.1. The van der Waals surface area contributed by atoms with Crippen molar-refractivity contribution in [2.24, 2.45) is 18.4 Å². The van der Waals surface area contributed by atoms with Crippen LogP contribution in [0.25, 0.3) is 0 Å². The van der Waals surface area contributed by atoms with Gasteiger partial charge in [-0.1, -0.05) is 33.1 Å². The number of aryl methyl sites for hydroxylation is 1. The van der Waals surface area contributed by atoms with Crippen molar-refractivity contribution >= 4 is 15.9 Å². The van der Waals surface area contributed by atoms with Gasteiger partial charge >= 0.3 is 0 Å². The molecule has 1 atom stereocenters. The topological polar surface area (TPSA) is 84.3 Å². The Morgan fingerprint density at radius 1 is 1.30 bits per heavy atom. The van der Waals surface area contributed by atoms with Gasteiger partial charge in [0.05, 0.1) is 12.5 Å². The highest BCUT2D eigenvalue weighted by atomic mass is 32.2. The number of sulfonamides is 1.